The second-order valence-corrected chi connectivity index (χ2v) is 9.15. The summed E-state index contributed by atoms with van der Waals surface area (Å²) in [5, 5.41) is 2.62. The highest BCUT2D eigenvalue weighted by atomic mass is 19.4. The van der Waals surface area contributed by atoms with Gasteiger partial charge in [-0.2, -0.15) is 13.2 Å². The summed E-state index contributed by atoms with van der Waals surface area (Å²) in [4.78, 5) is 27.3. The second-order valence-electron chi connectivity index (χ2n) is 9.15. The predicted octanol–water partition coefficient (Wildman–Crippen LogP) is 5.94. The van der Waals surface area contributed by atoms with E-state index in [2.05, 4.69) is 5.32 Å². The highest BCUT2D eigenvalue weighted by Gasteiger charge is 2.32. The highest BCUT2D eigenvalue weighted by molar-refractivity contribution is 5.91. The smallest absolute Gasteiger partial charge is 0.342 e. The number of nitrogens with one attached hydrogen (secondary N) is 1. The molecule has 1 aliphatic heterocycles. The molecule has 0 atom stereocenters. The molecule has 4 nitrogen and oxygen atoms in total. The zero-order chi connectivity index (χ0) is 22.4. The van der Waals surface area contributed by atoms with Gasteiger partial charge >= 0.3 is 6.18 Å². The topological polar surface area (TPSA) is 49.4 Å². The number of aryl methyl sites for hydroxylation is 1. The number of likely N-dealkylation sites (tertiary alicyclic amines) is 1. The Morgan fingerprint density at radius 1 is 0.968 bits per heavy atom. The number of hydrogen-bond acceptors (Lipinski definition) is 2. The standard InChI is InChI=1S/C24H33F3N2O2/c1-17-13-20(24(25,26)27)16-21(14-17)28-22(30)15-18-9-11-29(12-10-18)23(31)19-7-5-3-2-4-6-8-19/h13-14,16,18-19H,2-12,15H2,1H3,(H,28,30). The Morgan fingerprint density at radius 3 is 2.19 bits per heavy atom. The van der Waals surface area contributed by atoms with E-state index < -0.39 is 11.7 Å². The maximum absolute atomic E-state index is 13.0. The molecule has 7 heteroatoms. The molecule has 1 aromatic carbocycles. The van der Waals surface area contributed by atoms with E-state index in [0.717, 1.165) is 50.7 Å². The molecule has 1 aliphatic carbocycles. The summed E-state index contributed by atoms with van der Waals surface area (Å²) in [7, 11) is 0. The summed E-state index contributed by atoms with van der Waals surface area (Å²) in [5.74, 6) is 0.283. The molecule has 1 saturated carbocycles. The largest absolute Gasteiger partial charge is 0.416 e. The van der Waals surface area contributed by atoms with Crippen molar-refractivity contribution in [1.29, 1.82) is 0 Å². The SMILES string of the molecule is Cc1cc(NC(=O)CC2CCN(C(=O)C3CCCCCCC3)CC2)cc(C(F)(F)F)c1. The highest BCUT2D eigenvalue weighted by Crippen LogP contribution is 2.32. The van der Waals surface area contributed by atoms with Crippen molar-refractivity contribution >= 4 is 17.5 Å². The number of piperidine rings is 1. The van der Waals surface area contributed by atoms with Gasteiger partial charge in [-0.3, -0.25) is 9.59 Å². The Labute approximate surface area is 182 Å². The van der Waals surface area contributed by atoms with Crippen LogP contribution in [0.4, 0.5) is 18.9 Å². The number of halogens is 3. The molecule has 0 aromatic heterocycles. The summed E-state index contributed by atoms with van der Waals surface area (Å²) in [5.41, 5.74) is -0.135. The Kier molecular flexibility index (Phi) is 8.00. The Hall–Kier alpha value is -2.05. The van der Waals surface area contributed by atoms with E-state index in [1.54, 1.807) is 13.0 Å². The Morgan fingerprint density at radius 2 is 1.58 bits per heavy atom. The van der Waals surface area contributed by atoms with E-state index in [1.807, 2.05) is 4.90 Å². The normalized spacial score (nSPS) is 19.5. The van der Waals surface area contributed by atoms with Crippen molar-refractivity contribution in [3.05, 3.63) is 29.3 Å². The van der Waals surface area contributed by atoms with E-state index in [4.69, 9.17) is 0 Å². The maximum Gasteiger partial charge on any atom is 0.416 e. The molecular weight excluding hydrogens is 405 g/mol. The van der Waals surface area contributed by atoms with Gasteiger partial charge in [-0.1, -0.05) is 32.1 Å². The average Bonchev–Trinajstić information content (AvgIpc) is 2.66. The van der Waals surface area contributed by atoms with Gasteiger partial charge in [0.15, 0.2) is 0 Å². The number of carbonyl (C=O) groups is 2. The first-order valence-electron chi connectivity index (χ1n) is 11.5. The van der Waals surface area contributed by atoms with Crippen LogP contribution in [-0.4, -0.2) is 29.8 Å². The van der Waals surface area contributed by atoms with Crippen molar-refractivity contribution in [3.63, 3.8) is 0 Å². The van der Waals surface area contributed by atoms with Crippen LogP contribution in [0.5, 0.6) is 0 Å². The molecule has 0 radical (unpaired) electrons. The molecule has 1 N–H and O–H groups in total. The van der Waals surface area contributed by atoms with Crippen molar-refractivity contribution in [2.75, 3.05) is 18.4 Å². The molecule has 1 saturated heterocycles. The van der Waals surface area contributed by atoms with Crippen molar-refractivity contribution in [2.45, 2.75) is 77.3 Å². The molecule has 2 fully saturated rings. The minimum absolute atomic E-state index is 0.143. The lowest BCUT2D eigenvalue weighted by Crippen LogP contribution is -2.42. The van der Waals surface area contributed by atoms with E-state index in [0.29, 0.717) is 18.7 Å². The van der Waals surface area contributed by atoms with Crippen LogP contribution in [0.25, 0.3) is 0 Å². The molecule has 0 bridgehead atoms. The summed E-state index contributed by atoms with van der Waals surface area (Å²) in [6.07, 6.45) is 5.26. The first-order valence-corrected chi connectivity index (χ1v) is 11.5. The summed E-state index contributed by atoms with van der Waals surface area (Å²) < 4.78 is 39.0. The van der Waals surface area contributed by atoms with Gasteiger partial charge in [0.1, 0.15) is 0 Å². The van der Waals surface area contributed by atoms with Crippen LogP contribution in [0.3, 0.4) is 0 Å². The monoisotopic (exact) mass is 438 g/mol. The summed E-state index contributed by atoms with van der Waals surface area (Å²) in [6, 6.07) is 3.59. The molecule has 2 amide bonds. The van der Waals surface area contributed by atoms with Crippen molar-refractivity contribution in [2.24, 2.45) is 11.8 Å². The van der Waals surface area contributed by atoms with Crippen LogP contribution in [-0.2, 0) is 15.8 Å². The summed E-state index contributed by atoms with van der Waals surface area (Å²) in [6.45, 7) is 2.90. The van der Waals surface area contributed by atoms with Gasteiger partial charge in [-0.25, -0.2) is 0 Å². The molecule has 2 aliphatic rings. The van der Waals surface area contributed by atoms with Gasteiger partial charge in [0.05, 0.1) is 5.56 Å². The van der Waals surface area contributed by atoms with Crippen LogP contribution in [0.1, 0.15) is 75.3 Å². The number of amides is 2. The number of alkyl halides is 3. The van der Waals surface area contributed by atoms with E-state index >= 15 is 0 Å². The van der Waals surface area contributed by atoms with Gasteiger partial charge in [0, 0.05) is 31.1 Å². The average molecular weight is 439 g/mol. The van der Waals surface area contributed by atoms with Crippen molar-refractivity contribution in [3.8, 4) is 0 Å². The quantitative estimate of drug-likeness (QED) is 0.632. The third-order valence-electron chi connectivity index (χ3n) is 6.54. The van der Waals surface area contributed by atoms with Gasteiger partial charge in [0.25, 0.3) is 0 Å². The van der Waals surface area contributed by atoms with Gasteiger partial charge in [-0.05, 0) is 62.3 Å². The molecule has 0 unspecified atom stereocenters. The van der Waals surface area contributed by atoms with Crippen LogP contribution >= 0.6 is 0 Å². The van der Waals surface area contributed by atoms with Gasteiger partial charge in [-0.15, -0.1) is 0 Å². The number of benzene rings is 1. The van der Waals surface area contributed by atoms with Crippen LogP contribution in [0.2, 0.25) is 0 Å². The fourth-order valence-corrected chi connectivity index (χ4v) is 4.81. The Balaban J connectivity index is 1.48. The first-order chi connectivity index (χ1) is 14.7. The minimum atomic E-state index is -4.44. The van der Waals surface area contributed by atoms with Crippen LogP contribution in [0.15, 0.2) is 18.2 Å². The fourth-order valence-electron chi connectivity index (χ4n) is 4.81. The zero-order valence-electron chi connectivity index (χ0n) is 18.3. The van der Waals surface area contributed by atoms with E-state index in [-0.39, 0.29) is 35.8 Å². The zero-order valence-corrected chi connectivity index (χ0v) is 18.3. The van der Waals surface area contributed by atoms with Gasteiger partial charge in [0.2, 0.25) is 11.8 Å². The third kappa shape index (κ3) is 6.97. The number of carbonyl (C=O) groups excluding carboxylic acids is 2. The lowest BCUT2D eigenvalue weighted by Gasteiger charge is -2.34. The fraction of sp³-hybridized carbons (Fsp3) is 0.667. The molecule has 1 aromatic rings. The molecular formula is C24H33F3N2O2. The lowest BCUT2D eigenvalue weighted by atomic mass is 9.88. The molecule has 31 heavy (non-hydrogen) atoms. The molecule has 0 spiro atoms. The Bertz CT molecular complexity index is 763. The predicted molar refractivity (Wildman–Crippen MR) is 115 cm³/mol. The van der Waals surface area contributed by atoms with Crippen molar-refractivity contribution < 1.29 is 22.8 Å². The summed E-state index contributed by atoms with van der Waals surface area (Å²) >= 11 is 0. The molecule has 172 valence electrons. The first kappa shape index (κ1) is 23.6. The number of nitrogens with zero attached hydrogens (tertiary/aromatic N) is 1. The second kappa shape index (κ2) is 10.5. The van der Waals surface area contributed by atoms with E-state index in [9.17, 15) is 22.8 Å². The minimum Gasteiger partial charge on any atom is -0.342 e. The molecule has 1 heterocycles. The maximum atomic E-state index is 13.0. The number of hydrogen-bond donors (Lipinski definition) is 1. The number of rotatable bonds is 4. The van der Waals surface area contributed by atoms with Crippen LogP contribution < -0.4 is 5.32 Å². The molecule has 3 rings (SSSR count). The third-order valence-corrected chi connectivity index (χ3v) is 6.54. The van der Waals surface area contributed by atoms with Crippen molar-refractivity contribution in [1.82, 2.24) is 4.90 Å². The van der Waals surface area contributed by atoms with Gasteiger partial charge < -0.3 is 10.2 Å². The lowest BCUT2D eigenvalue weighted by molar-refractivity contribution is -0.138. The van der Waals surface area contributed by atoms with E-state index in [1.165, 1.54) is 19.3 Å². The van der Waals surface area contributed by atoms with Crippen LogP contribution in [0, 0.1) is 18.8 Å². The number of anilines is 1.